The zero-order chi connectivity index (χ0) is 15.7. The monoisotopic (exact) mass is 288 g/mol. The Morgan fingerprint density at radius 3 is 2.30 bits per heavy atom. The van der Waals surface area contributed by atoms with Gasteiger partial charge in [-0.2, -0.15) is 8.78 Å². The van der Waals surface area contributed by atoms with Gasteiger partial charge < -0.3 is 15.8 Å². The summed E-state index contributed by atoms with van der Waals surface area (Å²) in [5.41, 5.74) is 7.18. The van der Waals surface area contributed by atoms with E-state index < -0.39 is 6.61 Å². The predicted molar refractivity (Wildman–Crippen MR) is 76.3 cm³/mol. The summed E-state index contributed by atoms with van der Waals surface area (Å²) in [7, 11) is 1.84. The number of nitrogens with two attached hydrogens (primary N) is 1. The van der Waals surface area contributed by atoms with Crippen molar-refractivity contribution in [3.05, 3.63) is 23.3 Å². The van der Waals surface area contributed by atoms with Gasteiger partial charge in [-0.15, -0.1) is 0 Å². The van der Waals surface area contributed by atoms with E-state index in [1.807, 2.05) is 27.8 Å². The summed E-state index contributed by atoms with van der Waals surface area (Å²) in [4.78, 5) is 8.58. The number of hydrogen-bond acceptors (Lipinski definition) is 3. The summed E-state index contributed by atoms with van der Waals surface area (Å²) in [6.07, 6.45) is 1.02. The molecule has 1 rings (SSSR count). The number of benzene rings is 1. The molecule has 114 valence electrons. The number of primary amides is 1. The molecule has 20 heavy (non-hydrogen) atoms. The van der Waals surface area contributed by atoms with Crippen LogP contribution in [0.4, 0.5) is 14.5 Å². The number of alkyl halides is 2. The number of carbonyl (C=O) groups excluding carboxylic acids is 1. The highest BCUT2D eigenvalue weighted by Gasteiger charge is 2.14. The molecule has 1 amide bonds. The van der Waals surface area contributed by atoms with E-state index in [-0.39, 0.29) is 18.1 Å². The third-order valence-electron chi connectivity index (χ3n) is 2.70. The molecule has 0 spiro atoms. The summed E-state index contributed by atoms with van der Waals surface area (Å²) in [6, 6.07) is 3.35. The van der Waals surface area contributed by atoms with Gasteiger partial charge in [-0.05, 0) is 35.6 Å². The van der Waals surface area contributed by atoms with Gasteiger partial charge >= 0.3 is 6.61 Å². The summed E-state index contributed by atoms with van der Waals surface area (Å²) < 4.78 is 29.0. The molecule has 1 aromatic carbocycles. The molecule has 0 aliphatic heterocycles. The molecule has 4 nitrogen and oxygen atoms in total. The highest BCUT2D eigenvalue weighted by Crippen LogP contribution is 2.33. The van der Waals surface area contributed by atoms with E-state index in [0.29, 0.717) is 0 Å². The molecule has 6 heteroatoms. The lowest BCUT2D eigenvalue weighted by atomic mass is 9.96. The molecule has 0 heterocycles. The molecule has 1 aromatic rings. The minimum Gasteiger partial charge on any atom is -0.435 e. The van der Waals surface area contributed by atoms with Gasteiger partial charge in [0.1, 0.15) is 5.75 Å². The maximum atomic E-state index is 12.2. The molecule has 0 atom stereocenters. The zero-order valence-corrected chi connectivity index (χ0v) is 12.2. The van der Waals surface area contributed by atoms with E-state index in [2.05, 4.69) is 15.8 Å². The molecule has 0 saturated heterocycles. The first-order chi connectivity index (χ1) is 9.40. The molecule has 0 saturated carbocycles. The topological polar surface area (TPSA) is 64.3 Å². The first kappa shape index (κ1) is 18.1. The maximum absolute atomic E-state index is 12.2. The minimum atomic E-state index is -2.78. The highest BCUT2D eigenvalue weighted by molar-refractivity contribution is 5.61. The number of anilines is 1. The molecule has 0 bridgehead atoms. The van der Waals surface area contributed by atoms with E-state index in [9.17, 15) is 8.78 Å². The first-order valence-electron chi connectivity index (χ1n) is 6.35. The van der Waals surface area contributed by atoms with Crippen LogP contribution in [0.25, 0.3) is 0 Å². The molecule has 0 aromatic heterocycles. The molecular weight excluding hydrogens is 266 g/mol. The molecular formula is C14H22F2N2O2. The Kier molecular flexibility index (Phi) is 8.27. The van der Waals surface area contributed by atoms with E-state index in [4.69, 9.17) is 4.79 Å². The molecule has 0 radical (unpaired) electrons. The van der Waals surface area contributed by atoms with Gasteiger partial charge in [-0.1, -0.05) is 20.8 Å². The second-order valence-electron chi connectivity index (χ2n) is 4.32. The van der Waals surface area contributed by atoms with Crippen LogP contribution in [-0.2, 0) is 11.2 Å². The van der Waals surface area contributed by atoms with Crippen molar-refractivity contribution < 1.29 is 18.3 Å². The lowest BCUT2D eigenvalue weighted by molar-refractivity contribution is -0.106. The van der Waals surface area contributed by atoms with Crippen molar-refractivity contribution in [1.29, 1.82) is 0 Å². The molecule has 0 unspecified atom stereocenters. The smallest absolute Gasteiger partial charge is 0.387 e. The molecule has 3 N–H and O–H groups in total. The number of carbonyl (C=O) groups is 1. The Labute approximate surface area is 118 Å². The Hall–Kier alpha value is -1.85. The van der Waals surface area contributed by atoms with Crippen LogP contribution < -0.4 is 15.8 Å². The average molecular weight is 288 g/mol. The number of hydrogen-bond donors (Lipinski definition) is 2. The van der Waals surface area contributed by atoms with Crippen LogP contribution in [0.15, 0.2) is 12.1 Å². The van der Waals surface area contributed by atoms with Gasteiger partial charge in [-0.3, -0.25) is 4.79 Å². The van der Waals surface area contributed by atoms with Crippen LogP contribution in [0, 0.1) is 0 Å². The Balaban J connectivity index is 0.00000110. The number of rotatable bonds is 5. The van der Waals surface area contributed by atoms with Crippen molar-refractivity contribution in [3.8, 4) is 5.75 Å². The van der Waals surface area contributed by atoms with Crippen molar-refractivity contribution in [2.45, 2.75) is 39.7 Å². The standard InChI is InChI=1S/C13H19F2NO.CH3NO/c1-5-9-6-10(17-13(14)15)7-11(8(2)3)12(9)16-4;2-1-3/h6-8,13,16H,5H2,1-4H3;1H,(H2,2,3). The number of ether oxygens (including phenoxy) is 1. The summed E-state index contributed by atoms with van der Waals surface area (Å²) in [5, 5.41) is 3.13. The first-order valence-corrected chi connectivity index (χ1v) is 6.35. The Bertz CT molecular complexity index is 424. The summed E-state index contributed by atoms with van der Waals surface area (Å²) >= 11 is 0. The third-order valence-corrected chi connectivity index (χ3v) is 2.70. The number of halogens is 2. The van der Waals surface area contributed by atoms with Gasteiger partial charge in [0, 0.05) is 12.7 Å². The summed E-state index contributed by atoms with van der Waals surface area (Å²) in [6.45, 7) is 3.27. The summed E-state index contributed by atoms with van der Waals surface area (Å²) in [5.74, 6) is 0.489. The normalized spacial score (nSPS) is 10.0. The van der Waals surface area contributed by atoms with Gasteiger partial charge in [0.2, 0.25) is 6.41 Å². The highest BCUT2D eigenvalue weighted by atomic mass is 19.3. The van der Waals surface area contributed by atoms with Gasteiger partial charge in [0.25, 0.3) is 0 Å². The maximum Gasteiger partial charge on any atom is 0.387 e. The van der Waals surface area contributed by atoms with E-state index in [0.717, 1.165) is 23.2 Å². The van der Waals surface area contributed by atoms with Crippen LogP contribution in [-0.4, -0.2) is 20.1 Å². The number of amides is 1. The zero-order valence-electron chi connectivity index (χ0n) is 12.2. The molecule has 0 aliphatic carbocycles. The predicted octanol–water partition coefficient (Wildman–Crippen LogP) is 3.12. The van der Waals surface area contributed by atoms with E-state index in [1.54, 1.807) is 12.1 Å². The fraction of sp³-hybridized carbons (Fsp3) is 0.500. The largest absolute Gasteiger partial charge is 0.435 e. The van der Waals surface area contributed by atoms with Crippen LogP contribution >= 0.6 is 0 Å². The molecule has 0 fully saturated rings. The molecule has 0 aliphatic rings. The van der Waals surface area contributed by atoms with E-state index >= 15 is 0 Å². The number of nitrogens with one attached hydrogen (secondary N) is 1. The van der Waals surface area contributed by atoms with Crippen LogP contribution in [0.2, 0.25) is 0 Å². The van der Waals surface area contributed by atoms with Crippen LogP contribution in [0.3, 0.4) is 0 Å². The fourth-order valence-electron chi connectivity index (χ4n) is 1.91. The van der Waals surface area contributed by atoms with Crippen molar-refractivity contribution in [1.82, 2.24) is 0 Å². The Morgan fingerprint density at radius 1 is 1.40 bits per heavy atom. The van der Waals surface area contributed by atoms with Crippen LogP contribution in [0.1, 0.15) is 37.8 Å². The lowest BCUT2D eigenvalue weighted by Crippen LogP contribution is -2.06. The van der Waals surface area contributed by atoms with Crippen molar-refractivity contribution in [2.24, 2.45) is 5.73 Å². The van der Waals surface area contributed by atoms with Crippen molar-refractivity contribution in [2.75, 3.05) is 12.4 Å². The third kappa shape index (κ3) is 5.42. The lowest BCUT2D eigenvalue weighted by Gasteiger charge is -2.18. The average Bonchev–Trinajstić information content (AvgIpc) is 2.37. The fourth-order valence-corrected chi connectivity index (χ4v) is 1.91. The van der Waals surface area contributed by atoms with Crippen molar-refractivity contribution >= 4 is 12.1 Å². The quantitative estimate of drug-likeness (QED) is 0.818. The van der Waals surface area contributed by atoms with Crippen LogP contribution in [0.5, 0.6) is 5.75 Å². The van der Waals surface area contributed by atoms with Crippen molar-refractivity contribution in [3.63, 3.8) is 0 Å². The second-order valence-corrected chi connectivity index (χ2v) is 4.32. The van der Waals surface area contributed by atoms with Gasteiger partial charge in [0.05, 0.1) is 0 Å². The van der Waals surface area contributed by atoms with Gasteiger partial charge in [0.15, 0.2) is 0 Å². The minimum absolute atomic E-state index is 0.236. The SMILES string of the molecule is CCc1cc(OC(F)F)cc(C(C)C)c1NC.NC=O. The second kappa shape index (κ2) is 9.12. The number of aryl methyl sites for hydroxylation is 1. The Morgan fingerprint density at radius 2 is 1.95 bits per heavy atom. The van der Waals surface area contributed by atoms with Gasteiger partial charge in [-0.25, -0.2) is 0 Å². The van der Waals surface area contributed by atoms with E-state index in [1.165, 1.54) is 0 Å².